The molecule has 0 bridgehead atoms. The average Bonchev–Trinajstić information content (AvgIpc) is 2.62. The Labute approximate surface area is 163 Å². The fourth-order valence-corrected chi connectivity index (χ4v) is 3.11. The van der Waals surface area contributed by atoms with Gasteiger partial charge in [-0.05, 0) is 56.5 Å². The van der Waals surface area contributed by atoms with Crippen LogP contribution < -0.4 is 10.6 Å². The maximum absolute atomic E-state index is 12.5. The van der Waals surface area contributed by atoms with Gasteiger partial charge in [0.15, 0.2) is 0 Å². The van der Waals surface area contributed by atoms with Crippen molar-refractivity contribution in [1.29, 1.82) is 0 Å². The highest BCUT2D eigenvalue weighted by molar-refractivity contribution is 6.31. The van der Waals surface area contributed by atoms with E-state index in [1.165, 1.54) is 12.4 Å². The number of hydrogen-bond acceptors (Lipinski definition) is 4. The summed E-state index contributed by atoms with van der Waals surface area (Å²) in [7, 11) is 0. The van der Waals surface area contributed by atoms with E-state index < -0.39 is 0 Å². The van der Waals surface area contributed by atoms with Gasteiger partial charge in [0, 0.05) is 28.8 Å². The molecule has 1 heterocycles. The number of aromatic nitrogens is 2. The van der Waals surface area contributed by atoms with Gasteiger partial charge in [-0.1, -0.05) is 35.4 Å². The summed E-state index contributed by atoms with van der Waals surface area (Å²) in [5.74, 6) is 0.162. The Kier molecular flexibility index (Phi) is 5.42. The van der Waals surface area contributed by atoms with Gasteiger partial charge < -0.3 is 10.6 Å². The number of rotatable bonds is 4. The van der Waals surface area contributed by atoms with Gasteiger partial charge >= 0.3 is 0 Å². The van der Waals surface area contributed by atoms with E-state index in [1.54, 1.807) is 0 Å². The van der Waals surface area contributed by atoms with Crippen LogP contribution in [0.3, 0.4) is 0 Å². The van der Waals surface area contributed by atoms with Crippen LogP contribution in [0.15, 0.2) is 42.7 Å². The Morgan fingerprint density at radius 1 is 1.00 bits per heavy atom. The molecule has 0 spiro atoms. The third-order valence-electron chi connectivity index (χ3n) is 4.34. The highest BCUT2D eigenvalue weighted by Crippen LogP contribution is 2.25. The molecule has 6 heteroatoms. The third kappa shape index (κ3) is 4.26. The third-order valence-corrected chi connectivity index (χ3v) is 4.75. The van der Waals surface area contributed by atoms with Crippen LogP contribution in [-0.4, -0.2) is 15.9 Å². The standard InChI is InChI=1S/C21H21ClN4O/c1-12-8-13(2)19(14(3)9-12)26-20(27)16-10-23-21(24-11-16)25-18-7-5-6-17(22)15(18)4/h5-11H,1-4H3,(H,26,27)(H,23,24,25). The quantitative estimate of drug-likeness (QED) is 0.639. The van der Waals surface area contributed by atoms with Crippen molar-refractivity contribution in [3.8, 4) is 0 Å². The molecular weight excluding hydrogens is 360 g/mol. The molecule has 2 N–H and O–H groups in total. The van der Waals surface area contributed by atoms with Crippen LogP contribution >= 0.6 is 11.6 Å². The largest absolute Gasteiger partial charge is 0.324 e. The topological polar surface area (TPSA) is 66.9 Å². The molecule has 27 heavy (non-hydrogen) atoms. The first-order valence-electron chi connectivity index (χ1n) is 8.58. The number of carbonyl (C=O) groups excluding carboxylic acids is 1. The molecule has 138 valence electrons. The van der Waals surface area contributed by atoms with Gasteiger partial charge in [0.2, 0.25) is 5.95 Å². The number of anilines is 3. The Hall–Kier alpha value is -2.92. The molecule has 0 atom stereocenters. The van der Waals surface area contributed by atoms with Crippen molar-refractivity contribution in [3.63, 3.8) is 0 Å². The highest BCUT2D eigenvalue weighted by Gasteiger charge is 2.12. The Morgan fingerprint density at radius 3 is 2.26 bits per heavy atom. The lowest BCUT2D eigenvalue weighted by molar-refractivity contribution is 0.102. The van der Waals surface area contributed by atoms with Crippen molar-refractivity contribution in [3.05, 3.63) is 75.6 Å². The van der Waals surface area contributed by atoms with E-state index in [4.69, 9.17) is 11.6 Å². The predicted octanol–water partition coefficient (Wildman–Crippen LogP) is 5.36. The lowest BCUT2D eigenvalue weighted by atomic mass is 10.0. The molecule has 3 aromatic rings. The molecule has 0 aliphatic carbocycles. The Bertz CT molecular complexity index is 977. The highest BCUT2D eigenvalue weighted by atomic mass is 35.5. The smallest absolute Gasteiger partial charge is 0.258 e. The van der Waals surface area contributed by atoms with Crippen molar-refractivity contribution in [2.45, 2.75) is 27.7 Å². The lowest BCUT2D eigenvalue weighted by Crippen LogP contribution is -2.15. The van der Waals surface area contributed by atoms with Crippen molar-refractivity contribution in [2.24, 2.45) is 0 Å². The number of aryl methyl sites for hydroxylation is 3. The first kappa shape index (κ1) is 18.9. The zero-order chi connectivity index (χ0) is 19.6. The molecule has 1 aromatic heterocycles. The van der Waals surface area contributed by atoms with E-state index in [-0.39, 0.29) is 5.91 Å². The minimum absolute atomic E-state index is 0.240. The fourth-order valence-electron chi connectivity index (χ4n) is 2.94. The molecule has 0 fully saturated rings. The first-order valence-corrected chi connectivity index (χ1v) is 8.96. The van der Waals surface area contributed by atoms with Crippen LogP contribution in [0.1, 0.15) is 32.6 Å². The van der Waals surface area contributed by atoms with Crippen LogP contribution in [0.2, 0.25) is 5.02 Å². The molecule has 0 aliphatic rings. The number of nitrogens with zero attached hydrogens (tertiary/aromatic N) is 2. The summed E-state index contributed by atoms with van der Waals surface area (Å²) in [5, 5.41) is 6.73. The van der Waals surface area contributed by atoms with Crippen molar-refractivity contribution in [1.82, 2.24) is 9.97 Å². The van der Waals surface area contributed by atoms with Crippen LogP contribution in [-0.2, 0) is 0 Å². The van der Waals surface area contributed by atoms with Gasteiger partial charge in [0.1, 0.15) is 0 Å². The second kappa shape index (κ2) is 7.76. The molecule has 2 aromatic carbocycles. The number of hydrogen-bond donors (Lipinski definition) is 2. The van der Waals surface area contributed by atoms with E-state index in [0.29, 0.717) is 16.5 Å². The van der Waals surface area contributed by atoms with Crippen LogP contribution in [0.4, 0.5) is 17.3 Å². The van der Waals surface area contributed by atoms with Crippen molar-refractivity contribution in [2.75, 3.05) is 10.6 Å². The molecule has 0 saturated carbocycles. The second-order valence-corrected chi connectivity index (χ2v) is 6.97. The summed E-state index contributed by atoms with van der Waals surface area (Å²) in [5.41, 5.74) is 6.16. The minimum Gasteiger partial charge on any atom is -0.324 e. The molecule has 1 amide bonds. The van der Waals surface area contributed by atoms with Gasteiger partial charge in [-0.3, -0.25) is 4.79 Å². The summed E-state index contributed by atoms with van der Waals surface area (Å²) in [4.78, 5) is 21.0. The lowest BCUT2D eigenvalue weighted by Gasteiger charge is -2.13. The number of amides is 1. The number of nitrogens with one attached hydrogen (secondary N) is 2. The first-order chi connectivity index (χ1) is 12.8. The maximum atomic E-state index is 12.5. The normalized spacial score (nSPS) is 10.6. The van der Waals surface area contributed by atoms with Gasteiger partial charge in [-0.2, -0.15) is 0 Å². The SMILES string of the molecule is Cc1cc(C)c(NC(=O)c2cnc(Nc3cccc(Cl)c3C)nc2)c(C)c1. The average molecular weight is 381 g/mol. The Morgan fingerprint density at radius 2 is 1.63 bits per heavy atom. The van der Waals surface area contributed by atoms with Crippen molar-refractivity contribution < 1.29 is 4.79 Å². The molecular formula is C21H21ClN4O. The summed E-state index contributed by atoms with van der Waals surface area (Å²) < 4.78 is 0. The monoisotopic (exact) mass is 380 g/mol. The molecule has 3 rings (SSSR count). The summed E-state index contributed by atoms with van der Waals surface area (Å²) >= 11 is 6.13. The van der Waals surface area contributed by atoms with Gasteiger partial charge in [0.25, 0.3) is 5.91 Å². The molecule has 0 radical (unpaired) electrons. The molecule has 0 unspecified atom stereocenters. The van der Waals surface area contributed by atoms with Gasteiger partial charge in [-0.25, -0.2) is 9.97 Å². The molecule has 0 aliphatic heterocycles. The fraction of sp³-hybridized carbons (Fsp3) is 0.190. The summed E-state index contributed by atoms with van der Waals surface area (Å²) in [6, 6.07) is 9.66. The number of halogens is 1. The maximum Gasteiger partial charge on any atom is 0.258 e. The Balaban J connectivity index is 1.75. The van der Waals surface area contributed by atoms with Crippen LogP contribution in [0.25, 0.3) is 0 Å². The number of carbonyl (C=O) groups is 1. The van der Waals surface area contributed by atoms with E-state index >= 15 is 0 Å². The zero-order valence-electron chi connectivity index (χ0n) is 15.7. The number of benzene rings is 2. The van der Waals surface area contributed by atoms with Gasteiger partial charge in [0.05, 0.1) is 5.56 Å². The summed E-state index contributed by atoms with van der Waals surface area (Å²) in [6.07, 6.45) is 3.01. The van der Waals surface area contributed by atoms with Crippen molar-refractivity contribution >= 4 is 34.8 Å². The van der Waals surface area contributed by atoms with Crippen LogP contribution in [0, 0.1) is 27.7 Å². The molecule has 0 saturated heterocycles. The van der Waals surface area contributed by atoms with Gasteiger partial charge in [-0.15, -0.1) is 0 Å². The van der Waals surface area contributed by atoms with E-state index in [2.05, 4.69) is 20.6 Å². The van der Waals surface area contributed by atoms with Crippen LogP contribution in [0.5, 0.6) is 0 Å². The summed E-state index contributed by atoms with van der Waals surface area (Å²) in [6.45, 7) is 7.91. The predicted molar refractivity (Wildman–Crippen MR) is 110 cm³/mol. The molecule has 5 nitrogen and oxygen atoms in total. The van der Waals surface area contributed by atoms with E-state index in [9.17, 15) is 4.79 Å². The minimum atomic E-state index is -0.240. The van der Waals surface area contributed by atoms with E-state index in [1.807, 2.05) is 58.0 Å². The second-order valence-electron chi connectivity index (χ2n) is 6.56. The van der Waals surface area contributed by atoms with E-state index in [0.717, 1.165) is 33.6 Å². The zero-order valence-corrected chi connectivity index (χ0v) is 16.5.